The first-order valence-corrected chi connectivity index (χ1v) is 4.45. The minimum absolute atomic E-state index is 0.981. The van der Waals surface area contributed by atoms with Crippen LogP contribution in [-0.4, -0.2) is 0 Å². The van der Waals surface area contributed by atoms with Crippen molar-refractivity contribution >= 4 is 0 Å². The van der Waals surface area contributed by atoms with Crippen LogP contribution in [0.3, 0.4) is 0 Å². The lowest BCUT2D eigenvalue weighted by Gasteiger charge is -2.14. The van der Waals surface area contributed by atoms with Gasteiger partial charge in [-0.15, -0.1) is 0 Å². The molecule has 0 saturated heterocycles. The third-order valence-corrected chi connectivity index (χ3v) is 3.48. The van der Waals surface area contributed by atoms with Crippen LogP contribution in [0, 0.1) is 17.8 Å². The molecule has 0 aromatic heterocycles. The van der Waals surface area contributed by atoms with Crippen LogP contribution >= 0.6 is 0 Å². The second kappa shape index (κ2) is 2.11. The standard InChI is InChI=1S/C10H16/c1-7-3-5-10-8(2)4-6-9(7)10/h3,8-10H,4-6H2,1-2H3/t8-,9+,10+/m0/s1. The van der Waals surface area contributed by atoms with Crippen molar-refractivity contribution in [3.05, 3.63) is 11.6 Å². The first-order valence-electron chi connectivity index (χ1n) is 4.45. The summed E-state index contributed by atoms with van der Waals surface area (Å²) in [5.41, 5.74) is 1.68. The SMILES string of the molecule is CC1=CC[C@H]2[C@@H]1CC[C@@H]2C. The maximum atomic E-state index is 2.45. The Bertz CT molecular complexity index is 167. The van der Waals surface area contributed by atoms with Crippen LogP contribution in [0.4, 0.5) is 0 Å². The van der Waals surface area contributed by atoms with Gasteiger partial charge in [-0.2, -0.15) is 0 Å². The van der Waals surface area contributed by atoms with E-state index in [4.69, 9.17) is 0 Å². The highest BCUT2D eigenvalue weighted by atomic mass is 14.4. The Labute approximate surface area is 63.3 Å². The van der Waals surface area contributed by atoms with Gasteiger partial charge in [0.1, 0.15) is 0 Å². The molecule has 0 radical (unpaired) electrons. The molecule has 2 aliphatic carbocycles. The average Bonchev–Trinajstić information content (AvgIpc) is 2.41. The Hall–Kier alpha value is -0.260. The fourth-order valence-corrected chi connectivity index (χ4v) is 2.70. The van der Waals surface area contributed by atoms with Gasteiger partial charge in [0.05, 0.1) is 0 Å². The summed E-state index contributed by atoms with van der Waals surface area (Å²) in [5.74, 6) is 3.01. The van der Waals surface area contributed by atoms with Crippen molar-refractivity contribution in [3.63, 3.8) is 0 Å². The molecule has 10 heavy (non-hydrogen) atoms. The van der Waals surface area contributed by atoms with Crippen LogP contribution in [0.25, 0.3) is 0 Å². The summed E-state index contributed by atoms with van der Waals surface area (Å²) < 4.78 is 0. The molecular formula is C10H16. The Morgan fingerprint density at radius 3 is 2.90 bits per heavy atom. The molecule has 0 nitrogen and oxygen atoms in total. The van der Waals surface area contributed by atoms with Crippen molar-refractivity contribution in [2.45, 2.75) is 33.1 Å². The fourth-order valence-electron chi connectivity index (χ4n) is 2.70. The van der Waals surface area contributed by atoms with Gasteiger partial charge in [0, 0.05) is 0 Å². The fraction of sp³-hybridized carbons (Fsp3) is 0.800. The molecule has 0 aromatic carbocycles. The van der Waals surface area contributed by atoms with E-state index >= 15 is 0 Å². The van der Waals surface area contributed by atoms with E-state index in [0.717, 1.165) is 17.8 Å². The number of hydrogen-bond acceptors (Lipinski definition) is 0. The first kappa shape index (κ1) is 6.45. The highest BCUT2D eigenvalue weighted by molar-refractivity contribution is 5.15. The van der Waals surface area contributed by atoms with E-state index in [2.05, 4.69) is 19.9 Å². The van der Waals surface area contributed by atoms with Gasteiger partial charge in [-0.1, -0.05) is 18.6 Å². The molecule has 0 heterocycles. The number of hydrogen-bond donors (Lipinski definition) is 0. The van der Waals surface area contributed by atoms with E-state index in [-0.39, 0.29) is 0 Å². The monoisotopic (exact) mass is 136 g/mol. The van der Waals surface area contributed by atoms with Crippen LogP contribution in [0.15, 0.2) is 11.6 Å². The zero-order valence-electron chi connectivity index (χ0n) is 6.93. The second-order valence-electron chi connectivity index (χ2n) is 4.01. The molecule has 0 amide bonds. The maximum absolute atomic E-state index is 2.45. The van der Waals surface area contributed by atoms with E-state index in [1.54, 1.807) is 5.57 Å². The van der Waals surface area contributed by atoms with Gasteiger partial charge in [0.2, 0.25) is 0 Å². The van der Waals surface area contributed by atoms with E-state index < -0.39 is 0 Å². The van der Waals surface area contributed by atoms with Gasteiger partial charge in [0.15, 0.2) is 0 Å². The normalized spacial score (nSPS) is 45.4. The van der Waals surface area contributed by atoms with E-state index in [9.17, 15) is 0 Å². The van der Waals surface area contributed by atoms with E-state index in [0.29, 0.717) is 0 Å². The Balaban J connectivity index is 2.16. The van der Waals surface area contributed by atoms with Crippen LogP contribution in [0.5, 0.6) is 0 Å². The Kier molecular flexibility index (Phi) is 1.36. The lowest BCUT2D eigenvalue weighted by molar-refractivity contribution is 0.388. The average molecular weight is 136 g/mol. The molecule has 2 aliphatic rings. The van der Waals surface area contributed by atoms with Gasteiger partial charge >= 0.3 is 0 Å². The minimum atomic E-state index is 0.981. The quantitative estimate of drug-likeness (QED) is 0.449. The van der Waals surface area contributed by atoms with Crippen molar-refractivity contribution in [1.82, 2.24) is 0 Å². The van der Waals surface area contributed by atoms with Gasteiger partial charge in [-0.25, -0.2) is 0 Å². The summed E-state index contributed by atoms with van der Waals surface area (Å²) >= 11 is 0. The molecule has 1 saturated carbocycles. The zero-order chi connectivity index (χ0) is 7.14. The number of allylic oxidation sites excluding steroid dienone is 2. The number of rotatable bonds is 0. The van der Waals surface area contributed by atoms with Crippen LogP contribution in [-0.2, 0) is 0 Å². The molecule has 2 rings (SSSR count). The van der Waals surface area contributed by atoms with Gasteiger partial charge in [0.25, 0.3) is 0 Å². The highest BCUT2D eigenvalue weighted by Gasteiger charge is 2.36. The summed E-state index contributed by atoms with van der Waals surface area (Å²) in [4.78, 5) is 0. The van der Waals surface area contributed by atoms with E-state index in [1.165, 1.54) is 19.3 Å². The molecule has 0 unspecified atom stereocenters. The first-order chi connectivity index (χ1) is 4.79. The second-order valence-corrected chi connectivity index (χ2v) is 4.01. The highest BCUT2D eigenvalue weighted by Crippen LogP contribution is 2.46. The summed E-state index contributed by atoms with van der Waals surface area (Å²) in [6.45, 7) is 4.72. The van der Waals surface area contributed by atoms with Crippen molar-refractivity contribution < 1.29 is 0 Å². The predicted octanol–water partition coefficient (Wildman–Crippen LogP) is 3.00. The third kappa shape index (κ3) is 0.744. The molecular weight excluding hydrogens is 120 g/mol. The van der Waals surface area contributed by atoms with Gasteiger partial charge in [-0.05, 0) is 43.9 Å². The summed E-state index contributed by atoms with van der Waals surface area (Å²) in [6, 6.07) is 0. The summed E-state index contributed by atoms with van der Waals surface area (Å²) in [7, 11) is 0. The van der Waals surface area contributed by atoms with Crippen molar-refractivity contribution in [3.8, 4) is 0 Å². The Morgan fingerprint density at radius 1 is 1.40 bits per heavy atom. The summed E-state index contributed by atoms with van der Waals surface area (Å²) in [6.07, 6.45) is 6.76. The molecule has 0 aromatic rings. The van der Waals surface area contributed by atoms with Crippen molar-refractivity contribution in [2.24, 2.45) is 17.8 Å². The lowest BCUT2D eigenvalue weighted by Crippen LogP contribution is -2.07. The third-order valence-electron chi connectivity index (χ3n) is 3.48. The van der Waals surface area contributed by atoms with Gasteiger partial charge < -0.3 is 0 Å². The lowest BCUT2D eigenvalue weighted by atomic mass is 9.91. The molecule has 0 spiro atoms. The Morgan fingerprint density at radius 2 is 2.20 bits per heavy atom. The largest absolute Gasteiger partial charge is 0.0850 e. The zero-order valence-corrected chi connectivity index (χ0v) is 6.93. The van der Waals surface area contributed by atoms with Crippen molar-refractivity contribution in [2.75, 3.05) is 0 Å². The summed E-state index contributed by atoms with van der Waals surface area (Å²) in [5, 5.41) is 0. The van der Waals surface area contributed by atoms with Crippen LogP contribution in [0.1, 0.15) is 33.1 Å². The maximum Gasteiger partial charge on any atom is -0.0172 e. The molecule has 3 atom stereocenters. The molecule has 1 fully saturated rings. The smallest absolute Gasteiger partial charge is 0.0172 e. The van der Waals surface area contributed by atoms with Crippen LogP contribution in [0.2, 0.25) is 0 Å². The molecule has 56 valence electrons. The van der Waals surface area contributed by atoms with E-state index in [1.807, 2.05) is 0 Å². The molecule has 0 N–H and O–H groups in total. The van der Waals surface area contributed by atoms with Gasteiger partial charge in [-0.3, -0.25) is 0 Å². The van der Waals surface area contributed by atoms with Crippen LogP contribution < -0.4 is 0 Å². The van der Waals surface area contributed by atoms with Crippen molar-refractivity contribution in [1.29, 1.82) is 0 Å². The molecule has 0 aliphatic heterocycles. The topological polar surface area (TPSA) is 0 Å². The minimum Gasteiger partial charge on any atom is -0.0850 e. The molecule has 0 bridgehead atoms. The number of fused-ring (bicyclic) bond motifs is 1. The molecule has 0 heteroatoms. The predicted molar refractivity (Wildman–Crippen MR) is 43.8 cm³/mol.